The highest BCUT2D eigenvalue weighted by molar-refractivity contribution is 6.00. The Kier molecular flexibility index (Phi) is 4.57. The Morgan fingerprint density at radius 3 is 2.62 bits per heavy atom. The van der Waals surface area contributed by atoms with Crippen LogP contribution in [-0.4, -0.2) is 44.5 Å². The van der Waals surface area contributed by atoms with Crippen LogP contribution in [-0.2, 0) is 11.3 Å². The van der Waals surface area contributed by atoms with Gasteiger partial charge in [-0.3, -0.25) is 4.79 Å². The second kappa shape index (κ2) is 6.39. The molecule has 0 unspecified atom stereocenters. The maximum absolute atomic E-state index is 12.0. The molecule has 0 aliphatic heterocycles. The summed E-state index contributed by atoms with van der Waals surface area (Å²) in [6.45, 7) is 5.79. The van der Waals surface area contributed by atoms with E-state index in [1.54, 1.807) is 17.3 Å². The fourth-order valence-corrected chi connectivity index (χ4v) is 2.39. The summed E-state index contributed by atoms with van der Waals surface area (Å²) in [5, 5.41) is 9.14. The van der Waals surface area contributed by atoms with Gasteiger partial charge in [0.2, 0.25) is 5.91 Å². The lowest BCUT2D eigenvalue weighted by molar-refractivity contribution is -0.131. The molecule has 0 saturated carbocycles. The Labute approximate surface area is 123 Å². The molecule has 0 saturated heterocycles. The van der Waals surface area contributed by atoms with Crippen molar-refractivity contribution >= 4 is 22.9 Å². The molecule has 0 spiro atoms. The molecule has 0 atom stereocenters. The molecule has 1 amide bonds. The van der Waals surface area contributed by atoms with Gasteiger partial charge < -0.3 is 14.6 Å². The van der Waals surface area contributed by atoms with Crippen molar-refractivity contribution in [3.05, 3.63) is 30.1 Å². The normalized spacial score (nSPS) is 10.8. The minimum Gasteiger partial charge on any atom is -0.478 e. The molecule has 112 valence electrons. The molecule has 0 radical (unpaired) electrons. The van der Waals surface area contributed by atoms with Crippen LogP contribution in [0.15, 0.2) is 24.5 Å². The van der Waals surface area contributed by atoms with E-state index >= 15 is 0 Å². The molecule has 1 aromatic carbocycles. The summed E-state index contributed by atoms with van der Waals surface area (Å²) in [6, 6.07) is 5.04. The van der Waals surface area contributed by atoms with E-state index in [0.717, 1.165) is 5.52 Å². The monoisotopic (exact) mass is 289 g/mol. The molecule has 6 heteroatoms. The van der Waals surface area contributed by atoms with E-state index in [4.69, 9.17) is 5.11 Å². The predicted molar refractivity (Wildman–Crippen MR) is 79.2 cm³/mol. The van der Waals surface area contributed by atoms with Gasteiger partial charge in [-0.2, -0.15) is 0 Å². The number of nitrogens with zero attached hydrogens (tertiary/aromatic N) is 3. The van der Waals surface area contributed by atoms with Gasteiger partial charge in [0.15, 0.2) is 0 Å². The highest BCUT2D eigenvalue weighted by atomic mass is 16.4. The molecule has 0 bridgehead atoms. The summed E-state index contributed by atoms with van der Waals surface area (Å²) < 4.78 is 1.82. The maximum atomic E-state index is 12.0. The number of aromatic carboxylic acids is 1. The lowest BCUT2D eigenvalue weighted by Gasteiger charge is -2.18. The van der Waals surface area contributed by atoms with Crippen LogP contribution >= 0.6 is 0 Å². The highest BCUT2D eigenvalue weighted by Crippen LogP contribution is 2.18. The molecule has 21 heavy (non-hydrogen) atoms. The van der Waals surface area contributed by atoms with E-state index in [1.165, 1.54) is 6.07 Å². The minimum atomic E-state index is -0.995. The van der Waals surface area contributed by atoms with Gasteiger partial charge >= 0.3 is 5.97 Å². The molecular formula is C15H19N3O3. The highest BCUT2D eigenvalue weighted by Gasteiger charge is 2.14. The van der Waals surface area contributed by atoms with Crippen molar-refractivity contribution in [3.63, 3.8) is 0 Å². The first-order valence-electron chi connectivity index (χ1n) is 7.03. The van der Waals surface area contributed by atoms with Gasteiger partial charge in [0.1, 0.15) is 5.52 Å². The van der Waals surface area contributed by atoms with Crippen LogP contribution in [0.1, 0.15) is 30.6 Å². The van der Waals surface area contributed by atoms with Gasteiger partial charge in [0.25, 0.3) is 0 Å². The SMILES string of the molecule is CCN(CC)C(=O)CCn1cnc2c(C(=O)O)cccc21. The Bertz CT molecular complexity index is 659. The van der Waals surface area contributed by atoms with Crippen LogP contribution in [0, 0.1) is 0 Å². The third-order valence-corrected chi connectivity index (χ3v) is 3.56. The Hall–Kier alpha value is -2.37. The third kappa shape index (κ3) is 3.04. The van der Waals surface area contributed by atoms with E-state index < -0.39 is 5.97 Å². The molecule has 1 aromatic heterocycles. The van der Waals surface area contributed by atoms with Crippen LogP contribution in [0.5, 0.6) is 0 Å². The van der Waals surface area contributed by atoms with Crippen molar-refractivity contribution in [2.24, 2.45) is 0 Å². The predicted octanol–water partition coefficient (Wildman–Crippen LogP) is 1.99. The fourth-order valence-electron chi connectivity index (χ4n) is 2.39. The Morgan fingerprint density at radius 1 is 1.29 bits per heavy atom. The van der Waals surface area contributed by atoms with Crippen LogP contribution in [0.3, 0.4) is 0 Å². The zero-order chi connectivity index (χ0) is 15.4. The van der Waals surface area contributed by atoms with Gasteiger partial charge in [0, 0.05) is 26.1 Å². The Morgan fingerprint density at radius 2 is 2.00 bits per heavy atom. The van der Waals surface area contributed by atoms with E-state index in [9.17, 15) is 9.59 Å². The topological polar surface area (TPSA) is 75.4 Å². The van der Waals surface area contributed by atoms with Gasteiger partial charge in [-0.25, -0.2) is 9.78 Å². The number of carbonyl (C=O) groups is 2. The first kappa shape index (κ1) is 15.0. The number of aryl methyl sites for hydroxylation is 1. The average molecular weight is 289 g/mol. The second-order valence-corrected chi connectivity index (χ2v) is 4.73. The summed E-state index contributed by atoms with van der Waals surface area (Å²) in [5.74, 6) is -0.902. The van der Waals surface area contributed by atoms with E-state index in [-0.39, 0.29) is 11.5 Å². The van der Waals surface area contributed by atoms with E-state index in [2.05, 4.69) is 4.98 Å². The van der Waals surface area contributed by atoms with Gasteiger partial charge in [-0.05, 0) is 26.0 Å². The number of rotatable bonds is 6. The van der Waals surface area contributed by atoms with Crippen LogP contribution in [0.4, 0.5) is 0 Å². The molecule has 0 aliphatic carbocycles. The number of carbonyl (C=O) groups excluding carboxylic acids is 1. The van der Waals surface area contributed by atoms with Crippen molar-refractivity contribution in [3.8, 4) is 0 Å². The largest absolute Gasteiger partial charge is 0.478 e. The number of benzene rings is 1. The summed E-state index contributed by atoms with van der Waals surface area (Å²) in [5.41, 5.74) is 1.38. The second-order valence-electron chi connectivity index (χ2n) is 4.73. The maximum Gasteiger partial charge on any atom is 0.337 e. The average Bonchev–Trinajstić information content (AvgIpc) is 2.89. The van der Waals surface area contributed by atoms with Crippen molar-refractivity contribution in [2.45, 2.75) is 26.8 Å². The number of carboxylic acids is 1. The number of imidazole rings is 1. The number of hydrogen-bond donors (Lipinski definition) is 1. The van der Waals surface area contributed by atoms with Gasteiger partial charge in [-0.15, -0.1) is 0 Å². The quantitative estimate of drug-likeness (QED) is 0.882. The fraction of sp³-hybridized carbons (Fsp3) is 0.400. The lowest BCUT2D eigenvalue weighted by atomic mass is 10.2. The molecule has 6 nitrogen and oxygen atoms in total. The van der Waals surface area contributed by atoms with Gasteiger partial charge in [-0.1, -0.05) is 6.07 Å². The molecule has 1 heterocycles. The molecule has 2 aromatic rings. The molecular weight excluding hydrogens is 270 g/mol. The van der Waals surface area contributed by atoms with Crippen molar-refractivity contribution in [2.75, 3.05) is 13.1 Å². The van der Waals surface area contributed by atoms with E-state index in [1.807, 2.05) is 24.5 Å². The summed E-state index contributed by atoms with van der Waals surface area (Å²) in [4.78, 5) is 29.1. The zero-order valence-electron chi connectivity index (χ0n) is 12.2. The van der Waals surface area contributed by atoms with Crippen LogP contribution in [0.25, 0.3) is 11.0 Å². The van der Waals surface area contributed by atoms with E-state index in [0.29, 0.717) is 31.6 Å². The molecule has 0 aliphatic rings. The van der Waals surface area contributed by atoms with Crippen molar-refractivity contribution in [1.29, 1.82) is 0 Å². The number of para-hydroxylation sites is 1. The molecule has 0 fully saturated rings. The number of amides is 1. The van der Waals surface area contributed by atoms with Crippen LogP contribution < -0.4 is 0 Å². The first-order chi connectivity index (χ1) is 10.1. The number of fused-ring (bicyclic) bond motifs is 1. The van der Waals surface area contributed by atoms with Crippen molar-refractivity contribution in [1.82, 2.24) is 14.5 Å². The smallest absolute Gasteiger partial charge is 0.337 e. The standard InChI is InChI=1S/C15H19N3O3/c1-3-17(4-2)13(19)8-9-18-10-16-14-11(15(20)21)6-5-7-12(14)18/h5-7,10H,3-4,8-9H2,1-2H3,(H,20,21). The van der Waals surface area contributed by atoms with Crippen molar-refractivity contribution < 1.29 is 14.7 Å². The zero-order valence-corrected chi connectivity index (χ0v) is 12.2. The summed E-state index contributed by atoms with van der Waals surface area (Å²) in [7, 11) is 0. The number of carboxylic acid groups (broad SMARTS) is 1. The molecule has 2 rings (SSSR count). The molecule has 1 N–H and O–H groups in total. The first-order valence-corrected chi connectivity index (χ1v) is 7.03. The van der Waals surface area contributed by atoms with Gasteiger partial charge in [0.05, 0.1) is 17.4 Å². The Balaban J connectivity index is 2.19. The van der Waals surface area contributed by atoms with Crippen LogP contribution in [0.2, 0.25) is 0 Å². The third-order valence-electron chi connectivity index (χ3n) is 3.56. The lowest BCUT2D eigenvalue weighted by Crippen LogP contribution is -2.31. The summed E-state index contributed by atoms with van der Waals surface area (Å²) in [6.07, 6.45) is 1.97. The summed E-state index contributed by atoms with van der Waals surface area (Å²) >= 11 is 0. The minimum absolute atomic E-state index is 0.0937. The number of aromatic nitrogens is 2. The number of hydrogen-bond acceptors (Lipinski definition) is 3.